The van der Waals surface area contributed by atoms with Crippen LogP contribution in [0.15, 0.2) is 168 Å². The first-order valence-electron chi connectivity index (χ1n) is 16.9. The fraction of sp³-hybridized carbons (Fsp3) is 0. The highest BCUT2D eigenvalue weighted by Crippen LogP contribution is 2.40. The maximum absolute atomic E-state index is 6.52. The van der Waals surface area contributed by atoms with Crippen LogP contribution >= 0.6 is 0 Å². The first-order chi connectivity index (χ1) is 24.8. The first-order valence-corrected chi connectivity index (χ1v) is 16.9. The number of fused-ring (bicyclic) bond motifs is 12. The molecule has 0 bridgehead atoms. The van der Waals surface area contributed by atoms with Crippen molar-refractivity contribution in [2.24, 2.45) is 0 Å². The Labute approximate surface area is 286 Å². The van der Waals surface area contributed by atoms with Gasteiger partial charge in [0.1, 0.15) is 5.52 Å². The van der Waals surface area contributed by atoms with Gasteiger partial charge in [0.25, 0.3) is 0 Å². The average Bonchev–Trinajstić information content (AvgIpc) is 3.78. The minimum Gasteiger partial charge on any atom is -0.436 e. The van der Waals surface area contributed by atoms with Crippen LogP contribution in [-0.4, -0.2) is 14.5 Å². The lowest BCUT2D eigenvalue weighted by Gasteiger charge is -2.14. The van der Waals surface area contributed by atoms with Crippen molar-refractivity contribution in [2.45, 2.75) is 0 Å². The fourth-order valence-electron chi connectivity index (χ4n) is 7.97. The van der Waals surface area contributed by atoms with Crippen molar-refractivity contribution < 1.29 is 4.42 Å². The standard InChI is InChI=1S/C46H27N3O/c1-2-13-35-33(11-1)34-12-3-4-14-36(34)40-27-29(19-21-37(35)40)30-24-31(46-48-45-43(50-46)22-20-28-10-9-23-47-44(28)45)26-32(25-30)49-41-17-7-5-15-38(41)39-16-6-8-18-42(39)49/h1-27H. The number of hydrogen-bond acceptors (Lipinski definition) is 3. The smallest absolute Gasteiger partial charge is 0.227 e. The molecule has 0 aliphatic heterocycles. The van der Waals surface area contributed by atoms with E-state index >= 15 is 0 Å². The zero-order chi connectivity index (χ0) is 32.8. The minimum atomic E-state index is 0.569. The summed E-state index contributed by atoms with van der Waals surface area (Å²) in [6, 6.07) is 56.4. The van der Waals surface area contributed by atoms with Crippen LogP contribution < -0.4 is 0 Å². The quantitative estimate of drug-likeness (QED) is 0.181. The molecule has 0 unspecified atom stereocenters. The maximum Gasteiger partial charge on any atom is 0.227 e. The van der Waals surface area contributed by atoms with Gasteiger partial charge in [0.05, 0.1) is 16.6 Å². The second-order valence-corrected chi connectivity index (χ2v) is 13.0. The number of pyridine rings is 1. The van der Waals surface area contributed by atoms with E-state index in [1.807, 2.05) is 24.4 Å². The van der Waals surface area contributed by atoms with Gasteiger partial charge in [0, 0.05) is 33.6 Å². The largest absolute Gasteiger partial charge is 0.436 e. The van der Waals surface area contributed by atoms with E-state index in [1.165, 1.54) is 43.1 Å². The minimum absolute atomic E-state index is 0.569. The summed E-state index contributed by atoms with van der Waals surface area (Å²) in [4.78, 5) is 9.74. The molecule has 8 aromatic carbocycles. The molecule has 3 aromatic heterocycles. The Kier molecular flexibility index (Phi) is 5.63. The van der Waals surface area contributed by atoms with E-state index in [4.69, 9.17) is 9.40 Å². The van der Waals surface area contributed by atoms with Crippen LogP contribution in [0.3, 0.4) is 0 Å². The topological polar surface area (TPSA) is 43.9 Å². The summed E-state index contributed by atoms with van der Waals surface area (Å²) in [6.07, 6.45) is 1.81. The summed E-state index contributed by atoms with van der Waals surface area (Å²) >= 11 is 0. The van der Waals surface area contributed by atoms with Crippen LogP contribution in [0.1, 0.15) is 0 Å². The molecule has 0 saturated heterocycles. The Morgan fingerprint density at radius 2 is 1.02 bits per heavy atom. The third-order valence-electron chi connectivity index (χ3n) is 10.2. The molecule has 0 aliphatic rings. The van der Waals surface area contributed by atoms with Gasteiger partial charge in [-0.2, -0.15) is 0 Å². The summed E-state index contributed by atoms with van der Waals surface area (Å²) < 4.78 is 8.88. The molecule has 0 saturated carbocycles. The molecule has 4 nitrogen and oxygen atoms in total. The number of rotatable bonds is 3. The molecule has 11 rings (SSSR count). The van der Waals surface area contributed by atoms with Crippen LogP contribution in [0.4, 0.5) is 0 Å². The number of nitrogens with zero attached hydrogens (tertiary/aromatic N) is 3. The molecule has 0 N–H and O–H groups in total. The predicted molar refractivity (Wildman–Crippen MR) is 207 cm³/mol. The lowest BCUT2D eigenvalue weighted by Crippen LogP contribution is -1.96. The number of oxazole rings is 1. The number of hydrogen-bond donors (Lipinski definition) is 0. The molecule has 50 heavy (non-hydrogen) atoms. The van der Waals surface area contributed by atoms with E-state index in [9.17, 15) is 0 Å². The fourth-order valence-corrected chi connectivity index (χ4v) is 7.97. The molecule has 3 heterocycles. The van der Waals surface area contributed by atoms with Crippen molar-refractivity contribution in [1.82, 2.24) is 14.5 Å². The Balaban J connectivity index is 1.21. The van der Waals surface area contributed by atoms with Crippen molar-refractivity contribution >= 4 is 76.1 Å². The number of aromatic nitrogens is 3. The second-order valence-electron chi connectivity index (χ2n) is 13.0. The van der Waals surface area contributed by atoms with E-state index in [1.54, 1.807) is 0 Å². The number of para-hydroxylation sites is 2. The van der Waals surface area contributed by atoms with Crippen molar-refractivity contribution in [3.05, 3.63) is 164 Å². The van der Waals surface area contributed by atoms with Gasteiger partial charge < -0.3 is 8.98 Å². The summed E-state index contributed by atoms with van der Waals surface area (Å²) in [5.74, 6) is 0.569. The predicted octanol–water partition coefficient (Wildman–Crippen LogP) is 12.3. The third kappa shape index (κ3) is 3.93. The lowest BCUT2D eigenvalue weighted by molar-refractivity contribution is 0.620. The highest BCUT2D eigenvalue weighted by atomic mass is 16.3. The molecular formula is C46H27N3O. The van der Waals surface area contributed by atoms with Crippen LogP contribution in [0.5, 0.6) is 0 Å². The van der Waals surface area contributed by atoms with Crippen molar-refractivity contribution in [3.8, 4) is 28.3 Å². The van der Waals surface area contributed by atoms with Crippen molar-refractivity contribution in [2.75, 3.05) is 0 Å². The Bertz CT molecular complexity index is 3080. The molecule has 4 heteroatoms. The van der Waals surface area contributed by atoms with E-state index in [0.717, 1.165) is 55.4 Å². The normalized spacial score (nSPS) is 12.0. The molecule has 11 aromatic rings. The van der Waals surface area contributed by atoms with Crippen LogP contribution in [-0.2, 0) is 0 Å². The SMILES string of the molecule is c1cnc2c(c1)ccc1oc(-c3cc(-c4ccc5c6ccccc6c6ccccc6c5c4)cc(-n4c5ccccc5c5ccccc54)c3)nc12. The van der Waals surface area contributed by atoms with Crippen LogP contribution in [0.2, 0.25) is 0 Å². The van der Waals surface area contributed by atoms with Crippen LogP contribution in [0.25, 0.3) is 104 Å². The van der Waals surface area contributed by atoms with Gasteiger partial charge in [-0.25, -0.2) is 4.98 Å². The van der Waals surface area contributed by atoms with Crippen LogP contribution in [0, 0.1) is 0 Å². The molecular weight excluding hydrogens is 611 g/mol. The summed E-state index contributed by atoms with van der Waals surface area (Å²) in [6.45, 7) is 0. The van der Waals surface area contributed by atoms with Gasteiger partial charge in [0.2, 0.25) is 5.89 Å². The Morgan fingerprint density at radius 3 is 1.72 bits per heavy atom. The monoisotopic (exact) mass is 637 g/mol. The first kappa shape index (κ1) is 27.2. The van der Waals surface area contributed by atoms with Gasteiger partial charge in [-0.15, -0.1) is 0 Å². The van der Waals surface area contributed by atoms with Gasteiger partial charge >= 0.3 is 0 Å². The Morgan fingerprint density at radius 1 is 0.420 bits per heavy atom. The highest BCUT2D eigenvalue weighted by molar-refractivity contribution is 6.25. The molecule has 0 amide bonds. The summed E-state index contributed by atoms with van der Waals surface area (Å²) in [5, 5.41) is 11.0. The van der Waals surface area contributed by atoms with Crippen molar-refractivity contribution in [3.63, 3.8) is 0 Å². The molecule has 0 aliphatic carbocycles. The summed E-state index contributed by atoms with van der Waals surface area (Å²) in [7, 11) is 0. The van der Waals surface area contributed by atoms with E-state index in [-0.39, 0.29) is 0 Å². The third-order valence-corrected chi connectivity index (χ3v) is 10.2. The van der Waals surface area contributed by atoms with Gasteiger partial charge in [-0.3, -0.25) is 4.98 Å². The van der Waals surface area contributed by atoms with E-state index < -0.39 is 0 Å². The summed E-state index contributed by atoms with van der Waals surface area (Å²) in [5.41, 5.74) is 8.80. The molecule has 0 radical (unpaired) electrons. The van der Waals surface area contributed by atoms with E-state index in [2.05, 4.69) is 149 Å². The maximum atomic E-state index is 6.52. The molecule has 0 spiro atoms. The molecule has 232 valence electrons. The van der Waals surface area contributed by atoms with Gasteiger partial charge in [-0.05, 0) is 98.0 Å². The number of benzene rings is 8. The molecule has 0 atom stereocenters. The van der Waals surface area contributed by atoms with E-state index in [0.29, 0.717) is 5.89 Å². The van der Waals surface area contributed by atoms with Crippen molar-refractivity contribution in [1.29, 1.82) is 0 Å². The second kappa shape index (κ2) is 10.4. The zero-order valence-corrected chi connectivity index (χ0v) is 26.8. The highest BCUT2D eigenvalue weighted by Gasteiger charge is 2.18. The van der Waals surface area contributed by atoms with Gasteiger partial charge in [0.15, 0.2) is 5.58 Å². The molecule has 0 fully saturated rings. The average molecular weight is 638 g/mol. The zero-order valence-electron chi connectivity index (χ0n) is 26.8. The Hall–Kier alpha value is -6.78. The lowest BCUT2D eigenvalue weighted by atomic mass is 9.91. The van der Waals surface area contributed by atoms with Gasteiger partial charge in [-0.1, -0.05) is 103 Å².